The molecular weight excluding hydrogens is 435 g/mol. The van der Waals surface area contributed by atoms with Gasteiger partial charge in [0.05, 0.1) is 24.3 Å². The fourth-order valence-corrected chi connectivity index (χ4v) is 4.64. The molecule has 9 heteroatoms. The van der Waals surface area contributed by atoms with Crippen LogP contribution in [-0.2, 0) is 13.6 Å². The molecule has 0 radical (unpaired) electrons. The van der Waals surface area contributed by atoms with E-state index in [9.17, 15) is 24.4 Å². The molecule has 8 nitrogen and oxygen atoms in total. The highest BCUT2D eigenvalue weighted by molar-refractivity contribution is 7.48. The van der Waals surface area contributed by atoms with Gasteiger partial charge in [0.2, 0.25) is 5.78 Å². The minimum atomic E-state index is -4.02. The molecule has 32 heavy (non-hydrogen) atoms. The number of ketones is 2. The molecular formula is C23H27O8P. The highest BCUT2D eigenvalue weighted by Gasteiger charge is 2.36. The van der Waals surface area contributed by atoms with Gasteiger partial charge < -0.3 is 14.7 Å². The standard InChI is InChI=1S/C23H27O8P/c1-4-6-8-29-32(28,30-9-7-5-2)31-15-12-17-21(19(25)13-15)23(27)20-16(22(17)26)10-14(3)11-18(20)24/h10-13,24-25H,4-9H2,1-3H3. The summed E-state index contributed by atoms with van der Waals surface area (Å²) in [6.45, 7) is 5.89. The molecule has 2 N–H and O–H groups in total. The molecule has 0 saturated carbocycles. The first kappa shape index (κ1) is 24.0. The minimum absolute atomic E-state index is 0.0260. The lowest BCUT2D eigenvalue weighted by Gasteiger charge is -2.22. The number of hydrogen-bond acceptors (Lipinski definition) is 8. The Hall–Kier alpha value is -2.67. The van der Waals surface area contributed by atoms with E-state index in [4.69, 9.17) is 13.6 Å². The molecule has 172 valence electrons. The number of rotatable bonds is 10. The van der Waals surface area contributed by atoms with E-state index < -0.39 is 25.1 Å². The highest BCUT2D eigenvalue weighted by atomic mass is 31.2. The van der Waals surface area contributed by atoms with E-state index in [1.54, 1.807) is 6.92 Å². The molecule has 0 amide bonds. The molecule has 2 aromatic carbocycles. The van der Waals surface area contributed by atoms with Crippen LogP contribution >= 0.6 is 7.82 Å². The summed E-state index contributed by atoms with van der Waals surface area (Å²) in [6.07, 6.45) is 2.92. The summed E-state index contributed by atoms with van der Waals surface area (Å²) in [5, 5.41) is 20.7. The van der Waals surface area contributed by atoms with Crippen LogP contribution in [0.25, 0.3) is 0 Å². The molecule has 0 unspecified atom stereocenters. The summed E-state index contributed by atoms with van der Waals surface area (Å²) in [7, 11) is -4.02. The number of phosphoric acid groups is 1. The number of benzene rings is 2. The van der Waals surface area contributed by atoms with Gasteiger partial charge >= 0.3 is 7.82 Å². The van der Waals surface area contributed by atoms with Crippen molar-refractivity contribution >= 4 is 19.4 Å². The molecule has 0 saturated heterocycles. The zero-order valence-corrected chi connectivity index (χ0v) is 19.2. The van der Waals surface area contributed by atoms with Gasteiger partial charge in [-0.1, -0.05) is 26.7 Å². The number of phosphoric ester groups is 1. The number of aryl methyl sites for hydroxylation is 1. The third-order valence-corrected chi connectivity index (χ3v) is 6.44. The van der Waals surface area contributed by atoms with Gasteiger partial charge in [0.25, 0.3) is 0 Å². The van der Waals surface area contributed by atoms with E-state index in [-0.39, 0.29) is 47.0 Å². The van der Waals surface area contributed by atoms with Gasteiger partial charge in [-0.3, -0.25) is 18.6 Å². The lowest BCUT2D eigenvalue weighted by atomic mass is 9.82. The van der Waals surface area contributed by atoms with Crippen molar-refractivity contribution in [3.8, 4) is 17.2 Å². The predicted octanol–water partition coefficient (Wildman–Crippen LogP) is 5.30. The maximum atomic E-state index is 13.1. The van der Waals surface area contributed by atoms with Crippen molar-refractivity contribution in [1.82, 2.24) is 0 Å². The van der Waals surface area contributed by atoms with Gasteiger partial charge in [-0.25, -0.2) is 4.57 Å². The predicted molar refractivity (Wildman–Crippen MR) is 118 cm³/mol. The quantitative estimate of drug-likeness (QED) is 0.308. The first-order valence-corrected chi connectivity index (χ1v) is 12.1. The van der Waals surface area contributed by atoms with Crippen LogP contribution in [-0.4, -0.2) is 35.0 Å². The molecule has 0 spiro atoms. The summed E-state index contributed by atoms with van der Waals surface area (Å²) in [5.41, 5.74) is 0.103. The van der Waals surface area contributed by atoms with Gasteiger partial charge in [0.1, 0.15) is 17.2 Å². The molecule has 1 aliphatic rings. The zero-order chi connectivity index (χ0) is 23.5. The average Bonchev–Trinajstić information content (AvgIpc) is 2.71. The number of hydrogen-bond donors (Lipinski definition) is 2. The normalized spacial score (nSPS) is 13.1. The van der Waals surface area contributed by atoms with E-state index in [0.717, 1.165) is 18.9 Å². The maximum Gasteiger partial charge on any atom is 0.530 e. The van der Waals surface area contributed by atoms with Crippen molar-refractivity contribution in [3.63, 3.8) is 0 Å². The van der Waals surface area contributed by atoms with Crippen LogP contribution in [0.4, 0.5) is 0 Å². The molecule has 0 aliphatic heterocycles. The Morgan fingerprint density at radius 2 is 1.34 bits per heavy atom. The van der Waals surface area contributed by atoms with Crippen LogP contribution in [0.1, 0.15) is 76.9 Å². The number of fused-ring (bicyclic) bond motifs is 2. The highest BCUT2D eigenvalue weighted by Crippen LogP contribution is 2.51. The third-order valence-electron chi connectivity index (χ3n) is 5.01. The van der Waals surface area contributed by atoms with Crippen LogP contribution in [0.5, 0.6) is 17.2 Å². The largest absolute Gasteiger partial charge is 0.530 e. The summed E-state index contributed by atoms with van der Waals surface area (Å²) in [4.78, 5) is 26.0. The minimum Gasteiger partial charge on any atom is -0.507 e. The van der Waals surface area contributed by atoms with E-state index in [0.29, 0.717) is 18.4 Å². The van der Waals surface area contributed by atoms with E-state index in [1.807, 2.05) is 13.8 Å². The Balaban J connectivity index is 1.98. The topological polar surface area (TPSA) is 119 Å². The average molecular weight is 462 g/mol. The first-order valence-electron chi connectivity index (χ1n) is 10.6. The second-order valence-corrected chi connectivity index (χ2v) is 9.24. The van der Waals surface area contributed by atoms with Gasteiger partial charge in [-0.2, -0.15) is 0 Å². The van der Waals surface area contributed by atoms with Crippen molar-refractivity contribution < 1.29 is 37.9 Å². The van der Waals surface area contributed by atoms with Gasteiger partial charge in [-0.15, -0.1) is 0 Å². The Morgan fingerprint density at radius 3 is 1.91 bits per heavy atom. The van der Waals surface area contributed by atoms with E-state index in [1.165, 1.54) is 18.2 Å². The molecule has 2 aromatic rings. The lowest BCUT2D eigenvalue weighted by molar-refractivity contribution is 0.0973. The summed E-state index contributed by atoms with van der Waals surface area (Å²) >= 11 is 0. The van der Waals surface area contributed by atoms with E-state index >= 15 is 0 Å². The van der Waals surface area contributed by atoms with Crippen molar-refractivity contribution in [2.75, 3.05) is 13.2 Å². The summed E-state index contributed by atoms with van der Waals surface area (Å²) < 4.78 is 29.4. The Kier molecular flexibility index (Phi) is 7.39. The SMILES string of the molecule is CCCCOP(=O)(OCCCC)Oc1cc(O)c2c(c1)C(=O)c1cc(C)cc(O)c1C2=O. The Bertz CT molecular complexity index is 1080. The second kappa shape index (κ2) is 9.86. The molecule has 0 fully saturated rings. The molecule has 0 bridgehead atoms. The third kappa shape index (κ3) is 4.88. The van der Waals surface area contributed by atoms with Crippen molar-refractivity contribution in [2.24, 2.45) is 0 Å². The lowest BCUT2D eigenvalue weighted by Crippen LogP contribution is -2.21. The number of phenolic OH excluding ortho intramolecular Hbond substituents is 2. The van der Waals surface area contributed by atoms with Crippen molar-refractivity contribution in [1.29, 1.82) is 0 Å². The van der Waals surface area contributed by atoms with Gasteiger partial charge in [0.15, 0.2) is 5.78 Å². The van der Waals surface area contributed by atoms with Gasteiger partial charge in [0, 0.05) is 17.2 Å². The number of aromatic hydroxyl groups is 2. The fraction of sp³-hybridized carbons (Fsp3) is 0.391. The summed E-state index contributed by atoms with van der Waals surface area (Å²) in [5.74, 6) is -2.24. The monoisotopic (exact) mass is 462 g/mol. The molecule has 1 aliphatic carbocycles. The van der Waals surface area contributed by atoms with Crippen molar-refractivity contribution in [2.45, 2.75) is 46.5 Å². The smallest absolute Gasteiger partial charge is 0.507 e. The van der Waals surface area contributed by atoms with Crippen LogP contribution < -0.4 is 4.52 Å². The first-order chi connectivity index (χ1) is 15.2. The van der Waals surface area contributed by atoms with E-state index in [2.05, 4.69) is 0 Å². The van der Waals surface area contributed by atoms with Gasteiger partial charge in [-0.05, 0) is 43.5 Å². The molecule has 3 rings (SSSR count). The molecule has 0 aromatic heterocycles. The fourth-order valence-electron chi connectivity index (χ4n) is 3.39. The number of unbranched alkanes of at least 4 members (excludes halogenated alkanes) is 2. The number of carbonyl (C=O) groups excluding carboxylic acids is 2. The summed E-state index contributed by atoms with van der Waals surface area (Å²) in [6, 6.07) is 5.19. The second-order valence-electron chi connectivity index (χ2n) is 7.64. The van der Waals surface area contributed by atoms with Crippen LogP contribution in [0.3, 0.4) is 0 Å². The van der Waals surface area contributed by atoms with Crippen LogP contribution in [0, 0.1) is 6.92 Å². The maximum absolute atomic E-state index is 13.1. The van der Waals surface area contributed by atoms with Crippen molar-refractivity contribution in [3.05, 3.63) is 52.1 Å². The zero-order valence-electron chi connectivity index (χ0n) is 18.3. The number of phenols is 2. The van der Waals surface area contributed by atoms with Crippen LogP contribution in [0.2, 0.25) is 0 Å². The number of carbonyl (C=O) groups is 2. The van der Waals surface area contributed by atoms with Crippen LogP contribution in [0.15, 0.2) is 24.3 Å². The Morgan fingerprint density at radius 1 is 0.812 bits per heavy atom. The molecule has 0 atom stereocenters. The Labute approximate surface area is 186 Å². The molecule has 0 heterocycles.